The van der Waals surface area contributed by atoms with Crippen LogP contribution < -0.4 is 10.1 Å². The number of hydrogen-bond acceptors (Lipinski definition) is 3. The van der Waals surface area contributed by atoms with Crippen molar-refractivity contribution >= 4 is 10.9 Å². The summed E-state index contributed by atoms with van der Waals surface area (Å²) in [5.41, 5.74) is 0.992. The monoisotopic (exact) mass is 242 g/mol. The van der Waals surface area contributed by atoms with Crippen molar-refractivity contribution in [2.45, 2.75) is 25.3 Å². The highest BCUT2D eigenvalue weighted by molar-refractivity contribution is 5.84. The van der Waals surface area contributed by atoms with E-state index in [0.717, 1.165) is 29.8 Å². The molecule has 1 N–H and O–H groups in total. The van der Waals surface area contributed by atoms with Gasteiger partial charge in [0, 0.05) is 17.6 Å². The van der Waals surface area contributed by atoms with Crippen LogP contribution in [0.4, 0.5) is 0 Å². The van der Waals surface area contributed by atoms with E-state index in [1.165, 1.54) is 19.3 Å². The second kappa shape index (κ2) is 5.36. The number of nitrogens with zero attached hydrogens (tertiary/aromatic N) is 1. The molecule has 3 heteroatoms. The molecule has 18 heavy (non-hydrogen) atoms. The van der Waals surface area contributed by atoms with Gasteiger partial charge < -0.3 is 10.1 Å². The minimum atomic E-state index is 0.491. The highest BCUT2D eigenvalue weighted by Gasteiger charge is 2.13. The minimum absolute atomic E-state index is 0.491. The van der Waals surface area contributed by atoms with E-state index >= 15 is 0 Å². The van der Waals surface area contributed by atoms with E-state index in [1.807, 2.05) is 30.5 Å². The number of aromatic nitrogens is 1. The molecule has 1 fully saturated rings. The third-order valence-corrected chi connectivity index (χ3v) is 3.46. The van der Waals surface area contributed by atoms with Gasteiger partial charge in [-0.05, 0) is 43.7 Å². The molecule has 2 heterocycles. The summed E-state index contributed by atoms with van der Waals surface area (Å²) in [6, 6.07) is 10.5. The summed E-state index contributed by atoms with van der Waals surface area (Å²) >= 11 is 0. The third kappa shape index (κ3) is 2.46. The molecule has 2 aromatic rings. The lowest BCUT2D eigenvalue weighted by Crippen LogP contribution is -2.38. The Kier molecular flexibility index (Phi) is 3.42. The lowest BCUT2D eigenvalue weighted by Gasteiger charge is -2.23. The van der Waals surface area contributed by atoms with Crippen LogP contribution in [0.15, 0.2) is 36.5 Å². The van der Waals surface area contributed by atoms with Gasteiger partial charge in [-0.3, -0.25) is 4.98 Å². The topological polar surface area (TPSA) is 34.1 Å². The van der Waals surface area contributed by atoms with Gasteiger partial charge in [0.25, 0.3) is 0 Å². The summed E-state index contributed by atoms with van der Waals surface area (Å²) in [5, 5.41) is 4.59. The van der Waals surface area contributed by atoms with E-state index in [4.69, 9.17) is 4.74 Å². The SMILES string of the molecule is c1cc(OCC2CCCCN2)c2cccnc2c1. The van der Waals surface area contributed by atoms with Crippen molar-refractivity contribution < 1.29 is 4.74 Å². The summed E-state index contributed by atoms with van der Waals surface area (Å²) in [6.45, 7) is 1.86. The summed E-state index contributed by atoms with van der Waals surface area (Å²) < 4.78 is 5.96. The average Bonchev–Trinajstić information content (AvgIpc) is 2.46. The van der Waals surface area contributed by atoms with E-state index in [9.17, 15) is 0 Å². The molecule has 1 aromatic heterocycles. The fraction of sp³-hybridized carbons (Fsp3) is 0.400. The largest absolute Gasteiger partial charge is 0.491 e. The van der Waals surface area contributed by atoms with E-state index in [2.05, 4.69) is 16.4 Å². The van der Waals surface area contributed by atoms with Crippen LogP contribution in [0.1, 0.15) is 19.3 Å². The van der Waals surface area contributed by atoms with E-state index in [-0.39, 0.29) is 0 Å². The highest BCUT2D eigenvalue weighted by Crippen LogP contribution is 2.24. The van der Waals surface area contributed by atoms with Crippen molar-refractivity contribution in [3.63, 3.8) is 0 Å². The van der Waals surface area contributed by atoms with Crippen LogP contribution in [0.3, 0.4) is 0 Å². The molecule has 3 nitrogen and oxygen atoms in total. The number of benzene rings is 1. The smallest absolute Gasteiger partial charge is 0.128 e. The van der Waals surface area contributed by atoms with Gasteiger partial charge in [-0.25, -0.2) is 0 Å². The molecule has 0 aliphatic carbocycles. The van der Waals surface area contributed by atoms with E-state index in [1.54, 1.807) is 0 Å². The van der Waals surface area contributed by atoms with Crippen molar-refractivity contribution in [3.05, 3.63) is 36.5 Å². The number of pyridine rings is 1. The van der Waals surface area contributed by atoms with Crippen molar-refractivity contribution in [3.8, 4) is 5.75 Å². The molecule has 0 bridgehead atoms. The number of ether oxygens (including phenoxy) is 1. The zero-order chi connectivity index (χ0) is 12.2. The minimum Gasteiger partial charge on any atom is -0.491 e. The lowest BCUT2D eigenvalue weighted by molar-refractivity contribution is 0.241. The van der Waals surface area contributed by atoms with Crippen molar-refractivity contribution in [2.75, 3.05) is 13.2 Å². The molecular formula is C15H18N2O. The van der Waals surface area contributed by atoms with Crippen molar-refractivity contribution in [2.24, 2.45) is 0 Å². The standard InChI is InChI=1S/C15H18N2O/c1-2-9-16-12(5-1)11-18-15-8-3-7-14-13(15)6-4-10-17-14/h3-4,6-8,10,12,16H,1-2,5,9,11H2. The maximum absolute atomic E-state index is 5.96. The summed E-state index contributed by atoms with van der Waals surface area (Å²) in [5.74, 6) is 0.938. The zero-order valence-corrected chi connectivity index (χ0v) is 10.4. The van der Waals surface area contributed by atoms with E-state index < -0.39 is 0 Å². The number of fused-ring (bicyclic) bond motifs is 1. The maximum Gasteiger partial charge on any atom is 0.128 e. The van der Waals surface area contributed by atoms with Gasteiger partial charge in [0.05, 0.1) is 5.52 Å². The summed E-state index contributed by atoms with van der Waals surface area (Å²) in [6.07, 6.45) is 5.62. The number of piperidine rings is 1. The van der Waals surface area contributed by atoms with E-state index in [0.29, 0.717) is 6.04 Å². The molecule has 0 amide bonds. The second-order valence-electron chi connectivity index (χ2n) is 4.78. The molecule has 0 spiro atoms. The van der Waals surface area contributed by atoms with Gasteiger partial charge in [-0.15, -0.1) is 0 Å². The Hall–Kier alpha value is -1.61. The van der Waals surface area contributed by atoms with Crippen molar-refractivity contribution in [1.82, 2.24) is 10.3 Å². The number of hydrogen-bond donors (Lipinski definition) is 1. The molecule has 94 valence electrons. The van der Waals surface area contributed by atoms with Crippen molar-refractivity contribution in [1.29, 1.82) is 0 Å². The zero-order valence-electron chi connectivity index (χ0n) is 10.4. The first kappa shape index (κ1) is 11.5. The quantitative estimate of drug-likeness (QED) is 0.898. The van der Waals surface area contributed by atoms with Gasteiger partial charge >= 0.3 is 0 Å². The molecule has 0 radical (unpaired) electrons. The van der Waals surface area contributed by atoms with Crippen LogP contribution in [-0.2, 0) is 0 Å². The summed E-state index contributed by atoms with van der Waals surface area (Å²) in [7, 11) is 0. The molecule has 0 saturated carbocycles. The maximum atomic E-state index is 5.96. The first-order chi connectivity index (χ1) is 8.93. The average molecular weight is 242 g/mol. The van der Waals surface area contributed by atoms with Crippen LogP contribution in [0, 0.1) is 0 Å². The Morgan fingerprint density at radius 2 is 2.22 bits per heavy atom. The van der Waals surface area contributed by atoms with Gasteiger partial charge in [0.1, 0.15) is 12.4 Å². The van der Waals surface area contributed by atoms with Crippen LogP contribution in [-0.4, -0.2) is 24.2 Å². The Bertz CT molecular complexity index is 515. The Morgan fingerprint density at radius 1 is 1.22 bits per heavy atom. The number of rotatable bonds is 3. The fourth-order valence-electron chi connectivity index (χ4n) is 2.46. The molecule has 1 atom stereocenters. The Balaban J connectivity index is 1.74. The summed E-state index contributed by atoms with van der Waals surface area (Å²) in [4.78, 5) is 4.34. The first-order valence-corrected chi connectivity index (χ1v) is 6.63. The van der Waals surface area contributed by atoms with Gasteiger partial charge in [0.2, 0.25) is 0 Å². The van der Waals surface area contributed by atoms with Crippen LogP contribution in [0.5, 0.6) is 5.75 Å². The molecule has 1 aliphatic rings. The molecule has 1 aromatic carbocycles. The lowest BCUT2D eigenvalue weighted by atomic mass is 10.1. The van der Waals surface area contributed by atoms with Gasteiger partial charge in [0.15, 0.2) is 0 Å². The fourth-order valence-corrected chi connectivity index (χ4v) is 2.46. The van der Waals surface area contributed by atoms with Crippen LogP contribution >= 0.6 is 0 Å². The van der Waals surface area contributed by atoms with Gasteiger partial charge in [-0.2, -0.15) is 0 Å². The first-order valence-electron chi connectivity index (χ1n) is 6.63. The molecular weight excluding hydrogens is 224 g/mol. The van der Waals surface area contributed by atoms with Gasteiger partial charge in [-0.1, -0.05) is 12.5 Å². The molecule has 1 saturated heterocycles. The second-order valence-corrected chi connectivity index (χ2v) is 4.78. The van der Waals surface area contributed by atoms with Crippen LogP contribution in [0.2, 0.25) is 0 Å². The third-order valence-electron chi connectivity index (χ3n) is 3.46. The Labute approximate surface area is 107 Å². The normalized spacial score (nSPS) is 19.9. The number of nitrogens with one attached hydrogen (secondary N) is 1. The Morgan fingerprint density at radius 3 is 3.11 bits per heavy atom. The molecule has 1 aliphatic heterocycles. The predicted octanol–water partition coefficient (Wildman–Crippen LogP) is 2.76. The molecule has 1 unspecified atom stereocenters. The molecule has 3 rings (SSSR count). The predicted molar refractivity (Wildman–Crippen MR) is 72.9 cm³/mol. The van der Waals surface area contributed by atoms with Crippen LogP contribution in [0.25, 0.3) is 10.9 Å². The highest BCUT2D eigenvalue weighted by atomic mass is 16.5.